The van der Waals surface area contributed by atoms with Gasteiger partial charge in [0.25, 0.3) is 11.1 Å². The van der Waals surface area contributed by atoms with Crippen molar-refractivity contribution in [2.45, 2.75) is 6.18 Å². The lowest BCUT2D eigenvalue weighted by atomic mass is 10.1. The summed E-state index contributed by atoms with van der Waals surface area (Å²) < 4.78 is 44.4. The van der Waals surface area contributed by atoms with Gasteiger partial charge in [0.1, 0.15) is 5.75 Å². The highest BCUT2D eigenvalue weighted by atomic mass is 32.1. The summed E-state index contributed by atoms with van der Waals surface area (Å²) >= 11 is 1.38. The van der Waals surface area contributed by atoms with Crippen LogP contribution in [0.5, 0.6) is 10.9 Å². The van der Waals surface area contributed by atoms with Crippen LogP contribution >= 0.6 is 11.3 Å². The summed E-state index contributed by atoms with van der Waals surface area (Å²) in [5.74, 6) is 0.482. The summed E-state index contributed by atoms with van der Waals surface area (Å²) in [5, 5.41) is 2.34. The van der Waals surface area contributed by atoms with E-state index in [9.17, 15) is 18.0 Å². The van der Waals surface area contributed by atoms with E-state index in [0.717, 1.165) is 12.1 Å². The molecule has 0 bridgehead atoms. The van der Waals surface area contributed by atoms with Gasteiger partial charge in [0, 0.05) is 49.0 Å². The van der Waals surface area contributed by atoms with Crippen LogP contribution in [0.1, 0.15) is 15.9 Å². The van der Waals surface area contributed by atoms with Gasteiger partial charge >= 0.3 is 6.18 Å². The minimum absolute atomic E-state index is 0.112. The summed E-state index contributed by atoms with van der Waals surface area (Å²) in [6.07, 6.45) is -2.72. The van der Waals surface area contributed by atoms with Gasteiger partial charge in [0.05, 0.1) is 5.56 Å². The van der Waals surface area contributed by atoms with Crippen LogP contribution in [0.25, 0.3) is 0 Å². The average molecular weight is 433 g/mol. The van der Waals surface area contributed by atoms with Gasteiger partial charge in [-0.1, -0.05) is 17.4 Å². The fourth-order valence-electron chi connectivity index (χ4n) is 3.26. The van der Waals surface area contributed by atoms with Gasteiger partial charge in [-0.25, -0.2) is 4.98 Å². The first-order valence-electron chi connectivity index (χ1n) is 9.29. The number of benzene rings is 2. The average Bonchev–Trinajstić information content (AvgIpc) is 3.26. The van der Waals surface area contributed by atoms with Crippen molar-refractivity contribution in [2.75, 3.05) is 31.1 Å². The molecule has 30 heavy (non-hydrogen) atoms. The Morgan fingerprint density at radius 2 is 1.77 bits per heavy atom. The quantitative estimate of drug-likeness (QED) is 0.586. The highest BCUT2D eigenvalue weighted by Crippen LogP contribution is 2.32. The maximum Gasteiger partial charge on any atom is 0.416 e. The number of hydrogen-bond donors (Lipinski definition) is 0. The van der Waals surface area contributed by atoms with Gasteiger partial charge in [-0.15, -0.1) is 0 Å². The Balaban J connectivity index is 1.36. The number of ether oxygens (including phenoxy) is 1. The molecule has 5 nitrogen and oxygen atoms in total. The predicted molar refractivity (Wildman–Crippen MR) is 108 cm³/mol. The van der Waals surface area contributed by atoms with Crippen LogP contribution in [0.4, 0.5) is 18.9 Å². The number of hydrogen-bond acceptors (Lipinski definition) is 5. The molecule has 0 radical (unpaired) electrons. The van der Waals surface area contributed by atoms with Crippen LogP contribution < -0.4 is 9.64 Å². The van der Waals surface area contributed by atoms with Crippen LogP contribution in [0.15, 0.2) is 60.1 Å². The number of amides is 1. The van der Waals surface area contributed by atoms with Gasteiger partial charge in [-0.2, -0.15) is 13.2 Å². The third-order valence-corrected chi connectivity index (χ3v) is 5.47. The molecule has 1 aromatic heterocycles. The number of rotatable bonds is 4. The second-order valence-corrected chi connectivity index (χ2v) is 7.61. The standard InChI is InChI=1S/C21H18F3N3O2S/c22-21(23,24)16-2-1-3-17(14-16)26-9-11-27(12-10-26)19(28)15-4-6-18(7-5-15)29-20-25-8-13-30-20/h1-8,13-14H,9-12H2. The number of nitrogens with zero attached hydrogens (tertiary/aromatic N) is 3. The zero-order chi connectivity index (χ0) is 21.1. The normalized spacial score (nSPS) is 14.6. The minimum atomic E-state index is -4.37. The van der Waals surface area contributed by atoms with Gasteiger partial charge in [-0.3, -0.25) is 4.79 Å². The molecule has 0 atom stereocenters. The van der Waals surface area contributed by atoms with E-state index < -0.39 is 11.7 Å². The Hall–Kier alpha value is -3.07. The van der Waals surface area contributed by atoms with Gasteiger partial charge in [-0.05, 0) is 42.5 Å². The summed E-state index contributed by atoms with van der Waals surface area (Å²) in [4.78, 5) is 20.4. The zero-order valence-electron chi connectivity index (χ0n) is 15.8. The molecular formula is C21H18F3N3O2S. The van der Waals surface area contributed by atoms with E-state index in [1.54, 1.807) is 41.4 Å². The van der Waals surface area contributed by atoms with E-state index in [4.69, 9.17) is 4.74 Å². The molecule has 4 rings (SSSR count). The molecule has 2 heterocycles. The fraction of sp³-hybridized carbons (Fsp3) is 0.238. The number of anilines is 1. The Morgan fingerprint density at radius 1 is 1.03 bits per heavy atom. The molecular weight excluding hydrogens is 415 g/mol. The van der Waals surface area contributed by atoms with Crippen LogP contribution in [0.3, 0.4) is 0 Å². The number of carbonyl (C=O) groups is 1. The first-order valence-corrected chi connectivity index (χ1v) is 10.2. The Kier molecular flexibility index (Phi) is 5.63. The lowest BCUT2D eigenvalue weighted by Gasteiger charge is -2.36. The van der Waals surface area contributed by atoms with Crippen molar-refractivity contribution in [3.05, 3.63) is 71.2 Å². The second kappa shape index (κ2) is 8.35. The number of alkyl halides is 3. The summed E-state index contributed by atoms with van der Waals surface area (Å²) in [6.45, 7) is 1.81. The van der Waals surface area contributed by atoms with Gasteiger partial charge in [0.2, 0.25) is 0 Å². The monoisotopic (exact) mass is 433 g/mol. The molecule has 1 fully saturated rings. The lowest BCUT2D eigenvalue weighted by Crippen LogP contribution is -2.48. The van der Waals surface area contributed by atoms with Crippen molar-refractivity contribution < 1.29 is 22.7 Å². The summed E-state index contributed by atoms with van der Waals surface area (Å²) in [5.41, 5.74) is 0.383. The molecule has 0 spiro atoms. The van der Waals surface area contributed by atoms with Crippen molar-refractivity contribution in [2.24, 2.45) is 0 Å². The molecule has 1 saturated heterocycles. The Labute approximate surface area is 175 Å². The van der Waals surface area contributed by atoms with E-state index in [2.05, 4.69) is 4.98 Å². The highest BCUT2D eigenvalue weighted by Gasteiger charge is 2.31. The van der Waals surface area contributed by atoms with Crippen molar-refractivity contribution >= 4 is 22.9 Å². The SMILES string of the molecule is O=C(c1ccc(Oc2nccs2)cc1)N1CCN(c2cccc(C(F)(F)F)c2)CC1. The van der Waals surface area contributed by atoms with Crippen molar-refractivity contribution in [3.63, 3.8) is 0 Å². The molecule has 0 N–H and O–H groups in total. The molecule has 1 aliphatic heterocycles. The van der Waals surface area contributed by atoms with Crippen LogP contribution in [0.2, 0.25) is 0 Å². The predicted octanol–water partition coefficient (Wildman–Crippen LogP) is 4.92. The smallest absolute Gasteiger partial charge is 0.416 e. The fourth-order valence-corrected chi connectivity index (χ4v) is 3.76. The molecule has 9 heteroatoms. The van der Waals surface area contributed by atoms with Crippen molar-refractivity contribution in [1.29, 1.82) is 0 Å². The molecule has 1 amide bonds. The largest absolute Gasteiger partial charge is 0.431 e. The van der Waals surface area contributed by atoms with Crippen LogP contribution in [-0.4, -0.2) is 42.0 Å². The van der Waals surface area contributed by atoms with Crippen LogP contribution in [0, 0.1) is 0 Å². The molecule has 0 aliphatic carbocycles. The number of halogens is 3. The summed E-state index contributed by atoms with van der Waals surface area (Å²) in [6, 6.07) is 12.1. The maximum atomic E-state index is 12.9. The lowest BCUT2D eigenvalue weighted by molar-refractivity contribution is -0.137. The van der Waals surface area contributed by atoms with E-state index >= 15 is 0 Å². The van der Waals surface area contributed by atoms with Crippen molar-refractivity contribution in [3.8, 4) is 10.9 Å². The molecule has 1 aliphatic rings. The minimum Gasteiger partial charge on any atom is -0.431 e. The number of piperazine rings is 1. The Bertz CT molecular complexity index is 999. The van der Waals surface area contributed by atoms with E-state index in [0.29, 0.717) is 48.4 Å². The topological polar surface area (TPSA) is 45.7 Å². The van der Waals surface area contributed by atoms with Gasteiger partial charge < -0.3 is 14.5 Å². The molecule has 0 saturated carbocycles. The number of carbonyl (C=O) groups excluding carboxylic acids is 1. The van der Waals surface area contributed by atoms with E-state index in [1.165, 1.54) is 17.4 Å². The third-order valence-electron chi connectivity index (χ3n) is 4.82. The van der Waals surface area contributed by atoms with E-state index in [-0.39, 0.29) is 5.91 Å². The van der Waals surface area contributed by atoms with Gasteiger partial charge in [0.15, 0.2) is 0 Å². The molecule has 3 aromatic rings. The molecule has 156 valence electrons. The molecule has 2 aromatic carbocycles. The summed E-state index contributed by atoms with van der Waals surface area (Å²) in [7, 11) is 0. The first-order chi connectivity index (χ1) is 14.4. The zero-order valence-corrected chi connectivity index (χ0v) is 16.6. The number of thiazole rings is 1. The van der Waals surface area contributed by atoms with Crippen molar-refractivity contribution in [1.82, 2.24) is 9.88 Å². The van der Waals surface area contributed by atoms with E-state index in [1.807, 2.05) is 10.3 Å². The third kappa shape index (κ3) is 4.56. The second-order valence-electron chi connectivity index (χ2n) is 6.75. The number of aromatic nitrogens is 1. The van der Waals surface area contributed by atoms with Crippen LogP contribution in [-0.2, 0) is 6.18 Å². The Morgan fingerprint density at radius 3 is 2.40 bits per heavy atom. The first kappa shape index (κ1) is 20.2. The molecule has 0 unspecified atom stereocenters. The highest BCUT2D eigenvalue weighted by molar-refractivity contribution is 7.11. The maximum absolute atomic E-state index is 12.9.